The molecule has 0 saturated carbocycles. The van der Waals surface area contributed by atoms with Gasteiger partial charge in [-0.25, -0.2) is 0 Å². The summed E-state index contributed by atoms with van der Waals surface area (Å²) in [6, 6.07) is 19.4. The van der Waals surface area contributed by atoms with Gasteiger partial charge >= 0.3 is 0 Å². The molecule has 4 heteroatoms. The number of nitrogens with zero attached hydrogens (tertiary/aromatic N) is 2. The van der Waals surface area contributed by atoms with Crippen LogP contribution in [0, 0.1) is 11.8 Å². The molecule has 2 atom stereocenters. The smallest absolute Gasteiger partial charge is 0.225 e. The van der Waals surface area contributed by atoms with Crippen molar-refractivity contribution in [2.75, 3.05) is 36.0 Å². The summed E-state index contributed by atoms with van der Waals surface area (Å²) in [5.74, 6) is 0.806. The van der Waals surface area contributed by atoms with Gasteiger partial charge in [0.15, 0.2) is 0 Å². The van der Waals surface area contributed by atoms with Gasteiger partial charge < -0.3 is 15.1 Å². The molecule has 28 heavy (non-hydrogen) atoms. The van der Waals surface area contributed by atoms with Gasteiger partial charge in [0.1, 0.15) is 0 Å². The fourth-order valence-electron chi connectivity index (χ4n) is 4.55. The first-order valence-corrected chi connectivity index (χ1v) is 10.6. The van der Waals surface area contributed by atoms with E-state index in [-0.39, 0.29) is 17.9 Å². The second-order valence-electron chi connectivity index (χ2n) is 8.46. The van der Waals surface area contributed by atoms with Crippen LogP contribution in [0.4, 0.5) is 11.4 Å². The number of para-hydroxylation sites is 2. The lowest BCUT2D eigenvalue weighted by Gasteiger charge is -2.49. The number of hydrogen-bond acceptors (Lipinski definition) is 3. The Labute approximate surface area is 168 Å². The molecular weight excluding hydrogens is 346 g/mol. The third-order valence-corrected chi connectivity index (χ3v) is 6.10. The SMILES string of the molecule is CC(C)CCNC(=O)[C@H]1Cc2ccccc2N2CCN(c3ccccc3)C[C@@H]12. The van der Waals surface area contributed by atoms with E-state index in [1.807, 2.05) is 0 Å². The lowest BCUT2D eigenvalue weighted by molar-refractivity contribution is -0.125. The van der Waals surface area contributed by atoms with Gasteiger partial charge in [-0.2, -0.15) is 0 Å². The van der Waals surface area contributed by atoms with Crippen LogP contribution in [0.3, 0.4) is 0 Å². The fraction of sp³-hybridized carbons (Fsp3) is 0.458. The minimum absolute atomic E-state index is 0.00595. The minimum Gasteiger partial charge on any atom is -0.368 e. The lowest BCUT2D eigenvalue weighted by atomic mass is 9.83. The van der Waals surface area contributed by atoms with E-state index in [2.05, 4.69) is 83.6 Å². The van der Waals surface area contributed by atoms with Crippen molar-refractivity contribution in [1.29, 1.82) is 0 Å². The summed E-state index contributed by atoms with van der Waals surface area (Å²) in [6.07, 6.45) is 1.85. The lowest BCUT2D eigenvalue weighted by Crippen LogP contribution is -2.61. The average Bonchev–Trinajstić information content (AvgIpc) is 2.73. The standard InChI is InChI=1S/C24H31N3O/c1-18(2)12-13-25-24(28)21-16-19-8-6-7-11-22(19)27-15-14-26(17-23(21)27)20-9-4-3-5-10-20/h3-11,18,21,23H,12-17H2,1-2H3,(H,25,28)/t21-,23-/m0/s1. The first-order valence-electron chi connectivity index (χ1n) is 10.6. The Balaban J connectivity index is 1.57. The first-order chi connectivity index (χ1) is 13.6. The predicted octanol–water partition coefficient (Wildman–Crippen LogP) is 3.72. The summed E-state index contributed by atoms with van der Waals surface area (Å²) in [5, 5.41) is 3.22. The highest BCUT2D eigenvalue weighted by atomic mass is 16.1. The zero-order valence-electron chi connectivity index (χ0n) is 17.0. The van der Waals surface area contributed by atoms with Crippen LogP contribution in [0.5, 0.6) is 0 Å². The van der Waals surface area contributed by atoms with E-state index in [9.17, 15) is 4.79 Å². The van der Waals surface area contributed by atoms with Gasteiger partial charge in [0, 0.05) is 37.6 Å². The molecule has 2 aromatic carbocycles. The zero-order valence-corrected chi connectivity index (χ0v) is 17.0. The molecule has 1 fully saturated rings. The van der Waals surface area contributed by atoms with Gasteiger partial charge in [-0.3, -0.25) is 4.79 Å². The predicted molar refractivity (Wildman–Crippen MR) is 116 cm³/mol. The number of piperazine rings is 1. The molecule has 0 radical (unpaired) electrons. The van der Waals surface area contributed by atoms with E-state index >= 15 is 0 Å². The quantitative estimate of drug-likeness (QED) is 0.863. The van der Waals surface area contributed by atoms with Gasteiger partial charge in [0.05, 0.1) is 12.0 Å². The van der Waals surface area contributed by atoms with E-state index in [4.69, 9.17) is 0 Å². The molecule has 0 unspecified atom stereocenters. The van der Waals surface area contributed by atoms with Gasteiger partial charge in [-0.05, 0) is 42.5 Å². The molecule has 1 amide bonds. The molecule has 0 spiro atoms. The van der Waals surface area contributed by atoms with Crippen molar-refractivity contribution in [2.24, 2.45) is 11.8 Å². The van der Waals surface area contributed by atoms with Crippen molar-refractivity contribution in [3.05, 3.63) is 60.2 Å². The van der Waals surface area contributed by atoms with Crippen molar-refractivity contribution in [3.63, 3.8) is 0 Å². The minimum atomic E-state index is -0.00595. The van der Waals surface area contributed by atoms with Gasteiger partial charge in [-0.1, -0.05) is 50.2 Å². The summed E-state index contributed by atoms with van der Waals surface area (Å²) in [7, 11) is 0. The van der Waals surface area contributed by atoms with Crippen molar-refractivity contribution in [1.82, 2.24) is 5.32 Å². The Hall–Kier alpha value is -2.49. The Kier molecular flexibility index (Phi) is 5.56. The topological polar surface area (TPSA) is 35.6 Å². The largest absolute Gasteiger partial charge is 0.368 e. The number of nitrogens with one attached hydrogen (secondary N) is 1. The average molecular weight is 378 g/mol. The monoisotopic (exact) mass is 377 g/mol. The maximum atomic E-state index is 13.1. The van der Waals surface area contributed by atoms with Crippen LogP contribution in [0.25, 0.3) is 0 Å². The molecular formula is C24H31N3O. The molecule has 2 aromatic rings. The van der Waals surface area contributed by atoms with E-state index in [0.717, 1.165) is 39.0 Å². The summed E-state index contributed by atoms with van der Waals surface area (Å²) < 4.78 is 0. The summed E-state index contributed by atoms with van der Waals surface area (Å²) in [5.41, 5.74) is 3.86. The van der Waals surface area contributed by atoms with Gasteiger partial charge in [0.2, 0.25) is 5.91 Å². The van der Waals surface area contributed by atoms with Crippen LogP contribution in [-0.2, 0) is 11.2 Å². The number of carbonyl (C=O) groups excluding carboxylic acids is 1. The summed E-state index contributed by atoms with van der Waals surface area (Å²) >= 11 is 0. The fourth-order valence-corrected chi connectivity index (χ4v) is 4.55. The van der Waals surface area contributed by atoms with E-state index in [1.165, 1.54) is 16.9 Å². The summed E-state index contributed by atoms with van der Waals surface area (Å²) in [4.78, 5) is 18.0. The number of amides is 1. The third-order valence-electron chi connectivity index (χ3n) is 6.10. The molecule has 4 nitrogen and oxygen atoms in total. The molecule has 1 saturated heterocycles. The molecule has 2 heterocycles. The second kappa shape index (κ2) is 8.26. The maximum Gasteiger partial charge on any atom is 0.225 e. The molecule has 2 aliphatic heterocycles. The molecule has 0 aromatic heterocycles. The van der Waals surface area contributed by atoms with E-state index < -0.39 is 0 Å². The number of anilines is 2. The second-order valence-corrected chi connectivity index (χ2v) is 8.46. The molecule has 148 valence electrons. The molecule has 0 aliphatic carbocycles. The number of hydrogen-bond donors (Lipinski definition) is 1. The number of rotatable bonds is 5. The van der Waals surface area contributed by atoms with Crippen LogP contribution >= 0.6 is 0 Å². The summed E-state index contributed by atoms with van der Waals surface area (Å²) in [6.45, 7) is 7.99. The maximum absolute atomic E-state index is 13.1. The van der Waals surface area contributed by atoms with E-state index in [1.54, 1.807) is 0 Å². The number of fused-ring (bicyclic) bond motifs is 3. The number of benzene rings is 2. The van der Waals surface area contributed by atoms with Crippen molar-refractivity contribution >= 4 is 17.3 Å². The zero-order chi connectivity index (χ0) is 19.5. The van der Waals surface area contributed by atoms with E-state index in [0.29, 0.717) is 5.92 Å². The third kappa shape index (κ3) is 3.87. The highest BCUT2D eigenvalue weighted by Gasteiger charge is 2.41. The first kappa shape index (κ1) is 18.9. The molecule has 4 rings (SSSR count). The van der Waals surface area contributed by atoms with Crippen LogP contribution in [0.15, 0.2) is 54.6 Å². The normalized spacial score (nSPS) is 21.2. The highest BCUT2D eigenvalue weighted by molar-refractivity contribution is 5.82. The van der Waals surface area contributed by atoms with Crippen molar-refractivity contribution in [2.45, 2.75) is 32.7 Å². The Morgan fingerprint density at radius 3 is 2.61 bits per heavy atom. The van der Waals surface area contributed by atoms with Crippen molar-refractivity contribution < 1.29 is 4.79 Å². The Bertz CT molecular complexity index is 805. The molecule has 0 bridgehead atoms. The van der Waals surface area contributed by atoms with Crippen LogP contribution < -0.4 is 15.1 Å². The van der Waals surface area contributed by atoms with Crippen molar-refractivity contribution in [3.8, 4) is 0 Å². The van der Waals surface area contributed by atoms with Crippen LogP contribution in [0.1, 0.15) is 25.8 Å². The van der Waals surface area contributed by atoms with Crippen LogP contribution in [0.2, 0.25) is 0 Å². The number of carbonyl (C=O) groups is 1. The molecule has 2 aliphatic rings. The van der Waals surface area contributed by atoms with Gasteiger partial charge in [-0.15, -0.1) is 0 Å². The van der Waals surface area contributed by atoms with Crippen LogP contribution in [-0.4, -0.2) is 38.1 Å². The Morgan fingerprint density at radius 2 is 1.82 bits per heavy atom. The molecule has 1 N–H and O–H groups in total. The Morgan fingerprint density at radius 1 is 1.07 bits per heavy atom. The highest BCUT2D eigenvalue weighted by Crippen LogP contribution is 2.36. The van der Waals surface area contributed by atoms with Gasteiger partial charge in [0.25, 0.3) is 0 Å².